The van der Waals surface area contributed by atoms with Gasteiger partial charge in [0.15, 0.2) is 0 Å². The molecule has 0 aliphatic rings. The fraction of sp³-hybridized carbons (Fsp3) is 0. The lowest BCUT2D eigenvalue weighted by Gasteiger charge is -2.27. The van der Waals surface area contributed by atoms with Crippen molar-refractivity contribution in [3.63, 3.8) is 0 Å². The Balaban J connectivity index is 1.16. The molecule has 0 aliphatic heterocycles. The van der Waals surface area contributed by atoms with Gasteiger partial charge in [0, 0.05) is 68.1 Å². The number of nitrogens with zero attached hydrogens (tertiary/aromatic N) is 2. The van der Waals surface area contributed by atoms with Crippen LogP contribution < -0.4 is 4.90 Å². The van der Waals surface area contributed by atoms with Crippen LogP contribution in [0, 0.1) is 0 Å². The second kappa shape index (κ2) is 11.0. The molecule has 0 N–H and O–H groups in total. The SMILES string of the molecule is c1ccc(-c2nc3c(ccc4c5cccc(N(c6ccc7sc8ccccc8c7c6)c6ccc7sc8ccccc8c7c6)c5ccc43)s2)cc1. The molecule has 8 aromatic carbocycles. The van der Waals surface area contributed by atoms with Crippen LogP contribution in [0.15, 0.2) is 158 Å². The lowest BCUT2D eigenvalue weighted by Crippen LogP contribution is -2.10. The number of thiophene rings is 2. The fourth-order valence-corrected chi connectivity index (χ4v) is 10.7. The van der Waals surface area contributed by atoms with E-state index in [1.165, 1.54) is 66.6 Å². The predicted octanol–water partition coefficient (Wildman–Crippen LogP) is 14.5. The normalized spacial score (nSPS) is 12.0. The van der Waals surface area contributed by atoms with E-state index in [4.69, 9.17) is 4.98 Å². The first-order chi connectivity index (χ1) is 24.8. The van der Waals surface area contributed by atoms with Gasteiger partial charge < -0.3 is 4.90 Å². The zero-order chi connectivity index (χ0) is 32.8. The molecule has 0 spiro atoms. The molecule has 0 amide bonds. The van der Waals surface area contributed by atoms with Crippen LogP contribution in [-0.2, 0) is 0 Å². The number of rotatable bonds is 4. The molecule has 0 bridgehead atoms. The third kappa shape index (κ3) is 4.28. The second-order valence-corrected chi connectivity index (χ2v) is 15.9. The Kier molecular flexibility index (Phi) is 6.20. The number of anilines is 3. The molecular weight excluding hydrogens is 665 g/mol. The molecule has 3 heterocycles. The number of hydrogen-bond acceptors (Lipinski definition) is 5. The molecule has 0 unspecified atom stereocenters. The molecule has 0 saturated heterocycles. The van der Waals surface area contributed by atoms with Crippen molar-refractivity contribution in [1.29, 1.82) is 0 Å². The maximum Gasteiger partial charge on any atom is 0.124 e. The summed E-state index contributed by atoms with van der Waals surface area (Å²) >= 11 is 5.48. The molecule has 234 valence electrons. The first kappa shape index (κ1) is 28.3. The summed E-state index contributed by atoms with van der Waals surface area (Å²) in [5, 5.41) is 11.1. The quantitative estimate of drug-likeness (QED) is 0.171. The van der Waals surface area contributed by atoms with E-state index in [-0.39, 0.29) is 0 Å². The van der Waals surface area contributed by atoms with Gasteiger partial charge in [0.25, 0.3) is 0 Å². The summed E-state index contributed by atoms with van der Waals surface area (Å²) in [5.41, 5.74) is 5.68. The van der Waals surface area contributed by atoms with Gasteiger partial charge in [-0.2, -0.15) is 0 Å². The monoisotopic (exact) mass is 690 g/mol. The molecule has 50 heavy (non-hydrogen) atoms. The van der Waals surface area contributed by atoms with E-state index in [9.17, 15) is 0 Å². The predicted molar refractivity (Wildman–Crippen MR) is 221 cm³/mol. The molecule has 0 radical (unpaired) electrons. The van der Waals surface area contributed by atoms with Gasteiger partial charge in [0.2, 0.25) is 0 Å². The summed E-state index contributed by atoms with van der Waals surface area (Å²) in [6.45, 7) is 0. The van der Waals surface area contributed by atoms with Crippen LogP contribution >= 0.6 is 34.0 Å². The zero-order valence-electron chi connectivity index (χ0n) is 26.6. The molecule has 0 saturated carbocycles. The van der Waals surface area contributed by atoms with Gasteiger partial charge in [-0.15, -0.1) is 34.0 Å². The number of aromatic nitrogens is 1. The van der Waals surface area contributed by atoms with Crippen molar-refractivity contribution >= 4 is 123 Å². The van der Waals surface area contributed by atoms with Crippen molar-refractivity contribution in [2.45, 2.75) is 0 Å². The van der Waals surface area contributed by atoms with E-state index in [1.54, 1.807) is 11.3 Å². The van der Waals surface area contributed by atoms with E-state index in [0.29, 0.717) is 0 Å². The average molecular weight is 691 g/mol. The van der Waals surface area contributed by atoms with Gasteiger partial charge in [-0.25, -0.2) is 4.98 Å². The van der Waals surface area contributed by atoms with Crippen molar-refractivity contribution in [2.75, 3.05) is 4.90 Å². The van der Waals surface area contributed by atoms with E-state index in [1.807, 2.05) is 22.7 Å². The highest BCUT2D eigenvalue weighted by Crippen LogP contribution is 2.46. The summed E-state index contributed by atoms with van der Waals surface area (Å²) in [6, 6.07) is 57.8. The van der Waals surface area contributed by atoms with Gasteiger partial charge in [-0.3, -0.25) is 0 Å². The Hall–Kier alpha value is -5.59. The topological polar surface area (TPSA) is 16.1 Å². The number of fused-ring (bicyclic) bond motifs is 11. The van der Waals surface area contributed by atoms with Crippen LogP contribution in [0.5, 0.6) is 0 Å². The zero-order valence-corrected chi connectivity index (χ0v) is 29.1. The standard InChI is InChI=1S/C45H26N2S3/c1-2-9-27(10-3-1)45-46-44-35-20-19-32-30(31(35)21-24-43(44)50-45)13-8-14-38(32)47(28-17-22-41-36(25-28)33-11-4-6-15-39(33)48-41)29-18-23-42-37(26-29)34-12-5-7-16-40(34)49-42/h1-26H. The largest absolute Gasteiger partial charge is 0.310 e. The van der Waals surface area contributed by atoms with Crippen LogP contribution in [0.25, 0.3) is 82.7 Å². The third-order valence-corrected chi connectivity index (χ3v) is 13.3. The summed E-state index contributed by atoms with van der Waals surface area (Å²) in [5.74, 6) is 0. The number of thiazole rings is 1. The van der Waals surface area contributed by atoms with Crippen molar-refractivity contribution in [1.82, 2.24) is 4.98 Å². The van der Waals surface area contributed by atoms with Crippen molar-refractivity contribution in [2.24, 2.45) is 0 Å². The first-order valence-electron chi connectivity index (χ1n) is 16.7. The Morgan fingerprint density at radius 2 is 0.900 bits per heavy atom. The minimum atomic E-state index is 1.06. The highest BCUT2D eigenvalue weighted by molar-refractivity contribution is 7.26. The van der Waals surface area contributed by atoms with Gasteiger partial charge in [0.1, 0.15) is 5.01 Å². The molecule has 11 aromatic rings. The number of benzene rings is 8. The molecule has 0 aliphatic carbocycles. The molecular formula is C45H26N2S3. The summed E-state index contributed by atoms with van der Waals surface area (Å²) in [6.07, 6.45) is 0. The maximum absolute atomic E-state index is 5.18. The minimum absolute atomic E-state index is 1.06. The Bertz CT molecular complexity index is 3000. The molecule has 5 heteroatoms. The first-order valence-corrected chi connectivity index (χ1v) is 19.1. The van der Waals surface area contributed by atoms with Gasteiger partial charge in [-0.1, -0.05) is 97.1 Å². The summed E-state index contributed by atoms with van der Waals surface area (Å²) in [7, 11) is 0. The minimum Gasteiger partial charge on any atom is -0.310 e. The average Bonchev–Trinajstić information content (AvgIpc) is 3.89. The highest BCUT2D eigenvalue weighted by atomic mass is 32.1. The number of hydrogen-bond donors (Lipinski definition) is 0. The van der Waals surface area contributed by atoms with Crippen LogP contribution in [0.3, 0.4) is 0 Å². The summed E-state index contributed by atoms with van der Waals surface area (Å²) in [4.78, 5) is 7.64. The van der Waals surface area contributed by atoms with E-state index in [2.05, 4.69) is 163 Å². The van der Waals surface area contributed by atoms with Crippen molar-refractivity contribution < 1.29 is 0 Å². The van der Waals surface area contributed by atoms with Crippen molar-refractivity contribution in [3.8, 4) is 10.6 Å². The van der Waals surface area contributed by atoms with Gasteiger partial charge in [-0.05, 0) is 71.4 Å². The molecule has 3 aromatic heterocycles. The molecule has 0 atom stereocenters. The van der Waals surface area contributed by atoms with Crippen molar-refractivity contribution in [3.05, 3.63) is 158 Å². The Morgan fingerprint density at radius 3 is 1.60 bits per heavy atom. The smallest absolute Gasteiger partial charge is 0.124 e. The van der Waals surface area contributed by atoms with Gasteiger partial charge in [0.05, 0.1) is 15.9 Å². The van der Waals surface area contributed by atoms with E-state index < -0.39 is 0 Å². The van der Waals surface area contributed by atoms with Crippen LogP contribution in [0.1, 0.15) is 0 Å². The third-order valence-electron chi connectivity index (χ3n) is 9.89. The fourth-order valence-electron chi connectivity index (χ4n) is 7.58. The van der Waals surface area contributed by atoms with E-state index in [0.717, 1.165) is 33.1 Å². The Labute approximate surface area is 299 Å². The van der Waals surface area contributed by atoms with Crippen LogP contribution in [-0.4, -0.2) is 4.98 Å². The lowest BCUT2D eigenvalue weighted by atomic mass is 9.99. The van der Waals surface area contributed by atoms with Gasteiger partial charge >= 0.3 is 0 Å². The van der Waals surface area contributed by atoms with Crippen LogP contribution in [0.2, 0.25) is 0 Å². The van der Waals surface area contributed by atoms with Crippen LogP contribution in [0.4, 0.5) is 17.1 Å². The Morgan fingerprint density at radius 1 is 0.360 bits per heavy atom. The maximum atomic E-state index is 5.18. The molecule has 2 nitrogen and oxygen atoms in total. The second-order valence-electron chi connectivity index (χ2n) is 12.7. The summed E-state index contributed by atoms with van der Waals surface area (Å²) < 4.78 is 6.46. The van der Waals surface area contributed by atoms with E-state index >= 15 is 0 Å². The highest BCUT2D eigenvalue weighted by Gasteiger charge is 2.20. The molecule has 11 rings (SSSR count). The lowest BCUT2D eigenvalue weighted by molar-refractivity contribution is 1.31. The molecule has 0 fully saturated rings.